The van der Waals surface area contributed by atoms with E-state index in [0.29, 0.717) is 5.56 Å². The van der Waals surface area contributed by atoms with Crippen LogP contribution in [-0.4, -0.2) is 37.0 Å². The van der Waals surface area contributed by atoms with Crippen molar-refractivity contribution in [1.82, 2.24) is 10.6 Å². The average molecular weight is 278 g/mol. The number of esters is 1. The van der Waals surface area contributed by atoms with Crippen LogP contribution in [0.2, 0.25) is 0 Å². The van der Waals surface area contributed by atoms with Crippen LogP contribution in [0.1, 0.15) is 24.2 Å². The third kappa shape index (κ3) is 5.09. The molecule has 20 heavy (non-hydrogen) atoms. The third-order valence-corrected chi connectivity index (χ3v) is 2.49. The second kappa shape index (κ2) is 7.93. The molecule has 0 aliphatic rings. The Balaban J connectivity index is 2.42. The van der Waals surface area contributed by atoms with E-state index in [0.717, 1.165) is 0 Å². The van der Waals surface area contributed by atoms with E-state index in [1.807, 2.05) is 0 Å². The van der Waals surface area contributed by atoms with Crippen LogP contribution in [0.15, 0.2) is 30.3 Å². The predicted molar refractivity (Wildman–Crippen MR) is 73.0 cm³/mol. The van der Waals surface area contributed by atoms with Gasteiger partial charge in [-0.15, -0.1) is 0 Å². The van der Waals surface area contributed by atoms with E-state index >= 15 is 0 Å². The molecule has 0 saturated heterocycles. The van der Waals surface area contributed by atoms with Crippen molar-refractivity contribution in [3.05, 3.63) is 35.9 Å². The van der Waals surface area contributed by atoms with Gasteiger partial charge in [-0.05, 0) is 26.0 Å². The minimum atomic E-state index is -0.739. The fourth-order valence-corrected chi connectivity index (χ4v) is 1.46. The van der Waals surface area contributed by atoms with E-state index in [-0.39, 0.29) is 19.1 Å². The quantitative estimate of drug-likeness (QED) is 0.741. The zero-order chi connectivity index (χ0) is 15.0. The highest BCUT2D eigenvalue weighted by atomic mass is 16.5. The number of ether oxygens (including phenoxy) is 1. The molecular weight excluding hydrogens is 260 g/mol. The van der Waals surface area contributed by atoms with Gasteiger partial charge in [0.25, 0.3) is 5.91 Å². The first-order valence-corrected chi connectivity index (χ1v) is 6.33. The molecule has 108 valence electrons. The van der Waals surface area contributed by atoms with Crippen molar-refractivity contribution in [2.45, 2.75) is 19.9 Å². The molecule has 2 N–H and O–H groups in total. The summed E-state index contributed by atoms with van der Waals surface area (Å²) in [6.45, 7) is 3.27. The summed E-state index contributed by atoms with van der Waals surface area (Å²) in [6, 6.07) is 7.83. The summed E-state index contributed by atoms with van der Waals surface area (Å²) in [5.41, 5.74) is 0.470. The smallest absolute Gasteiger partial charge is 0.325 e. The molecule has 0 aliphatic carbocycles. The Bertz CT molecular complexity index is 473. The van der Waals surface area contributed by atoms with Crippen molar-refractivity contribution >= 4 is 17.8 Å². The summed E-state index contributed by atoms with van der Waals surface area (Å²) in [5, 5.41) is 4.94. The van der Waals surface area contributed by atoms with Crippen LogP contribution in [0.3, 0.4) is 0 Å². The molecular formula is C14H18N2O4. The SMILES string of the molecule is CCOC(=O)CNC(=O)C(C)NC(=O)c1ccccc1. The molecule has 0 fully saturated rings. The summed E-state index contributed by atoms with van der Waals surface area (Å²) in [6.07, 6.45) is 0. The minimum absolute atomic E-state index is 0.210. The van der Waals surface area contributed by atoms with Gasteiger partial charge in [-0.1, -0.05) is 18.2 Å². The van der Waals surface area contributed by atoms with Gasteiger partial charge in [0.05, 0.1) is 6.61 Å². The maximum absolute atomic E-state index is 11.8. The Morgan fingerprint density at radius 2 is 1.85 bits per heavy atom. The molecule has 1 atom stereocenters. The van der Waals surface area contributed by atoms with Gasteiger partial charge in [-0.25, -0.2) is 0 Å². The Kier molecular flexibility index (Phi) is 6.22. The van der Waals surface area contributed by atoms with Gasteiger partial charge < -0.3 is 15.4 Å². The lowest BCUT2D eigenvalue weighted by molar-refractivity contribution is -0.143. The van der Waals surface area contributed by atoms with Crippen LogP contribution in [0.5, 0.6) is 0 Å². The fraction of sp³-hybridized carbons (Fsp3) is 0.357. The van der Waals surface area contributed by atoms with E-state index < -0.39 is 17.9 Å². The van der Waals surface area contributed by atoms with Gasteiger partial charge in [0.2, 0.25) is 5.91 Å². The lowest BCUT2D eigenvalue weighted by Crippen LogP contribution is -2.46. The maximum Gasteiger partial charge on any atom is 0.325 e. The molecule has 1 aromatic carbocycles. The van der Waals surface area contributed by atoms with E-state index in [1.165, 1.54) is 0 Å². The topological polar surface area (TPSA) is 84.5 Å². The highest BCUT2D eigenvalue weighted by Gasteiger charge is 2.17. The number of amides is 2. The normalized spacial score (nSPS) is 11.3. The standard InChI is InChI=1S/C14H18N2O4/c1-3-20-12(17)9-15-13(18)10(2)16-14(19)11-7-5-4-6-8-11/h4-8,10H,3,9H2,1-2H3,(H,15,18)(H,16,19). The van der Waals surface area contributed by atoms with Gasteiger partial charge >= 0.3 is 5.97 Å². The average Bonchev–Trinajstić information content (AvgIpc) is 2.45. The van der Waals surface area contributed by atoms with E-state index in [4.69, 9.17) is 0 Å². The Morgan fingerprint density at radius 1 is 1.20 bits per heavy atom. The molecule has 0 spiro atoms. The molecule has 2 amide bonds. The Hall–Kier alpha value is -2.37. The Morgan fingerprint density at radius 3 is 2.45 bits per heavy atom. The van der Waals surface area contributed by atoms with Crippen LogP contribution in [-0.2, 0) is 14.3 Å². The van der Waals surface area contributed by atoms with Crippen molar-refractivity contribution in [1.29, 1.82) is 0 Å². The van der Waals surface area contributed by atoms with Crippen LogP contribution in [0.4, 0.5) is 0 Å². The molecule has 0 heterocycles. The maximum atomic E-state index is 11.8. The summed E-state index contributed by atoms with van der Waals surface area (Å²) in [7, 11) is 0. The summed E-state index contributed by atoms with van der Waals surface area (Å²) < 4.78 is 4.68. The minimum Gasteiger partial charge on any atom is -0.465 e. The van der Waals surface area contributed by atoms with Gasteiger partial charge in [-0.3, -0.25) is 14.4 Å². The van der Waals surface area contributed by atoms with Crippen LogP contribution < -0.4 is 10.6 Å². The van der Waals surface area contributed by atoms with Gasteiger partial charge in [0.15, 0.2) is 0 Å². The molecule has 0 saturated carbocycles. The van der Waals surface area contributed by atoms with Crippen LogP contribution in [0.25, 0.3) is 0 Å². The largest absolute Gasteiger partial charge is 0.465 e. The number of benzene rings is 1. The number of carbonyl (C=O) groups is 3. The lowest BCUT2D eigenvalue weighted by atomic mass is 10.2. The van der Waals surface area contributed by atoms with Crippen LogP contribution in [0, 0.1) is 0 Å². The molecule has 6 nitrogen and oxygen atoms in total. The van der Waals surface area contributed by atoms with Crippen molar-refractivity contribution in [2.24, 2.45) is 0 Å². The predicted octanol–water partition coefficient (Wildman–Crippen LogP) is 0.484. The fourth-order valence-electron chi connectivity index (χ4n) is 1.46. The first-order valence-electron chi connectivity index (χ1n) is 6.33. The van der Waals surface area contributed by atoms with E-state index in [9.17, 15) is 14.4 Å². The number of rotatable bonds is 6. The van der Waals surface area contributed by atoms with E-state index in [1.54, 1.807) is 44.2 Å². The van der Waals surface area contributed by atoms with Crippen molar-refractivity contribution < 1.29 is 19.1 Å². The van der Waals surface area contributed by atoms with Crippen LogP contribution >= 0.6 is 0 Å². The second-order valence-corrected chi connectivity index (χ2v) is 4.08. The first-order chi connectivity index (χ1) is 9.54. The Labute approximate surface area is 117 Å². The number of hydrogen-bond acceptors (Lipinski definition) is 4. The summed E-state index contributed by atoms with van der Waals surface area (Å²) in [5.74, 6) is -1.30. The third-order valence-electron chi connectivity index (χ3n) is 2.49. The molecule has 1 unspecified atom stereocenters. The van der Waals surface area contributed by atoms with Gasteiger partial charge in [0, 0.05) is 5.56 Å². The van der Waals surface area contributed by atoms with Crippen molar-refractivity contribution in [3.63, 3.8) is 0 Å². The molecule has 0 radical (unpaired) electrons. The van der Waals surface area contributed by atoms with Gasteiger partial charge in [0.1, 0.15) is 12.6 Å². The van der Waals surface area contributed by atoms with Crippen molar-refractivity contribution in [2.75, 3.05) is 13.2 Å². The number of carbonyl (C=O) groups excluding carboxylic acids is 3. The zero-order valence-corrected chi connectivity index (χ0v) is 11.5. The molecule has 6 heteroatoms. The van der Waals surface area contributed by atoms with Crippen molar-refractivity contribution in [3.8, 4) is 0 Å². The zero-order valence-electron chi connectivity index (χ0n) is 11.5. The summed E-state index contributed by atoms with van der Waals surface area (Å²) in [4.78, 5) is 34.6. The highest BCUT2D eigenvalue weighted by Crippen LogP contribution is 1.98. The van der Waals surface area contributed by atoms with Gasteiger partial charge in [-0.2, -0.15) is 0 Å². The van der Waals surface area contributed by atoms with E-state index in [2.05, 4.69) is 15.4 Å². The monoisotopic (exact) mass is 278 g/mol. The number of hydrogen-bond donors (Lipinski definition) is 2. The summed E-state index contributed by atoms with van der Waals surface area (Å²) >= 11 is 0. The molecule has 1 aromatic rings. The highest BCUT2D eigenvalue weighted by molar-refractivity contribution is 5.97. The second-order valence-electron chi connectivity index (χ2n) is 4.08. The number of nitrogens with one attached hydrogen (secondary N) is 2. The molecule has 0 aromatic heterocycles. The molecule has 0 bridgehead atoms. The lowest BCUT2D eigenvalue weighted by Gasteiger charge is -2.13. The molecule has 0 aliphatic heterocycles. The first kappa shape index (κ1) is 15.7. The molecule has 1 rings (SSSR count).